The van der Waals surface area contributed by atoms with E-state index in [1.807, 2.05) is 13.0 Å². The van der Waals surface area contributed by atoms with Crippen molar-refractivity contribution in [3.05, 3.63) is 58.6 Å². The Morgan fingerprint density at radius 2 is 1.88 bits per heavy atom. The van der Waals surface area contributed by atoms with Gasteiger partial charge in [-0.15, -0.1) is 0 Å². The first-order valence-electron chi connectivity index (χ1n) is 7.88. The number of hydrogen-bond acceptors (Lipinski definition) is 5. The third-order valence-electron chi connectivity index (χ3n) is 3.69. The smallest absolute Gasteiger partial charge is 0.342 e. The van der Waals surface area contributed by atoms with Gasteiger partial charge in [0.05, 0.1) is 20.3 Å². The zero-order valence-corrected chi connectivity index (χ0v) is 15.5. The predicted octanol–water partition coefficient (Wildman–Crippen LogP) is 3.39. The van der Waals surface area contributed by atoms with Crippen LogP contribution in [0.5, 0.6) is 11.5 Å². The molecule has 0 aliphatic carbocycles. The number of halogens is 1. The second kappa shape index (κ2) is 9.10. The van der Waals surface area contributed by atoms with Crippen molar-refractivity contribution in [3.63, 3.8) is 0 Å². The van der Waals surface area contributed by atoms with E-state index in [-0.39, 0.29) is 11.6 Å². The number of hydrogen-bond donors (Lipinski definition) is 1. The average molecular weight is 378 g/mol. The summed E-state index contributed by atoms with van der Waals surface area (Å²) >= 11 is 5.95. The molecule has 0 bridgehead atoms. The molecule has 1 unspecified atom stereocenters. The van der Waals surface area contributed by atoms with Crippen LogP contribution in [-0.4, -0.2) is 32.7 Å². The Hall–Kier alpha value is -2.73. The molecule has 26 heavy (non-hydrogen) atoms. The van der Waals surface area contributed by atoms with Gasteiger partial charge in [0.1, 0.15) is 17.1 Å². The fourth-order valence-corrected chi connectivity index (χ4v) is 2.52. The number of methoxy groups -OCH3 is 2. The zero-order valence-electron chi connectivity index (χ0n) is 14.7. The number of amides is 1. The molecule has 1 atom stereocenters. The highest BCUT2D eigenvalue weighted by molar-refractivity contribution is 6.30. The molecule has 1 amide bonds. The van der Waals surface area contributed by atoms with Crippen molar-refractivity contribution in [3.8, 4) is 11.5 Å². The van der Waals surface area contributed by atoms with Crippen molar-refractivity contribution in [1.29, 1.82) is 0 Å². The molecule has 0 saturated heterocycles. The van der Waals surface area contributed by atoms with Crippen LogP contribution >= 0.6 is 11.6 Å². The Bertz CT molecular complexity index is 793. The summed E-state index contributed by atoms with van der Waals surface area (Å²) in [4.78, 5) is 24.3. The predicted molar refractivity (Wildman–Crippen MR) is 97.8 cm³/mol. The molecule has 1 N–H and O–H groups in total. The van der Waals surface area contributed by atoms with Gasteiger partial charge in [-0.05, 0) is 42.8 Å². The van der Waals surface area contributed by atoms with Gasteiger partial charge in [0.25, 0.3) is 5.91 Å². The van der Waals surface area contributed by atoms with Crippen molar-refractivity contribution in [2.75, 3.05) is 20.8 Å². The maximum absolute atomic E-state index is 12.2. The highest BCUT2D eigenvalue weighted by Crippen LogP contribution is 2.24. The summed E-state index contributed by atoms with van der Waals surface area (Å²) < 4.78 is 15.3. The van der Waals surface area contributed by atoms with Crippen molar-refractivity contribution in [2.45, 2.75) is 13.0 Å². The number of esters is 1. The van der Waals surface area contributed by atoms with E-state index in [0.29, 0.717) is 16.5 Å². The van der Waals surface area contributed by atoms with Crippen molar-refractivity contribution < 1.29 is 23.8 Å². The van der Waals surface area contributed by atoms with Gasteiger partial charge in [0, 0.05) is 5.02 Å². The third kappa shape index (κ3) is 5.13. The molecule has 0 fully saturated rings. The molecule has 2 aromatic rings. The number of nitrogens with one attached hydrogen (secondary N) is 1. The van der Waals surface area contributed by atoms with Gasteiger partial charge in [-0.1, -0.05) is 23.7 Å². The number of carbonyl (C=O) groups excluding carboxylic acids is 2. The summed E-state index contributed by atoms with van der Waals surface area (Å²) in [7, 11) is 2.93. The van der Waals surface area contributed by atoms with Gasteiger partial charge in [-0.25, -0.2) is 4.79 Å². The normalized spacial score (nSPS) is 11.4. The third-order valence-corrected chi connectivity index (χ3v) is 3.92. The van der Waals surface area contributed by atoms with Crippen molar-refractivity contribution >= 4 is 23.5 Å². The van der Waals surface area contributed by atoms with E-state index in [4.69, 9.17) is 25.8 Å². The molecule has 0 radical (unpaired) electrons. The minimum Gasteiger partial charge on any atom is -0.497 e. The lowest BCUT2D eigenvalue weighted by Crippen LogP contribution is -2.31. The maximum Gasteiger partial charge on any atom is 0.342 e. The minimum absolute atomic E-state index is 0.183. The quantitative estimate of drug-likeness (QED) is 0.748. The van der Waals surface area contributed by atoms with Crippen LogP contribution in [0.4, 0.5) is 0 Å². The van der Waals surface area contributed by atoms with Crippen LogP contribution in [0.25, 0.3) is 0 Å². The van der Waals surface area contributed by atoms with Crippen molar-refractivity contribution in [2.24, 2.45) is 0 Å². The molecule has 6 nitrogen and oxygen atoms in total. The highest BCUT2D eigenvalue weighted by Gasteiger charge is 2.17. The average Bonchev–Trinajstić information content (AvgIpc) is 2.65. The van der Waals surface area contributed by atoms with Gasteiger partial charge in [-0.3, -0.25) is 4.79 Å². The Labute approximate surface area is 157 Å². The summed E-state index contributed by atoms with van der Waals surface area (Å²) in [6.45, 7) is 1.40. The fourth-order valence-electron chi connectivity index (χ4n) is 2.32. The summed E-state index contributed by atoms with van der Waals surface area (Å²) in [6, 6.07) is 11.6. The summed E-state index contributed by atoms with van der Waals surface area (Å²) in [5.41, 5.74) is 1.04. The molecule has 0 aromatic heterocycles. The van der Waals surface area contributed by atoms with Crippen LogP contribution < -0.4 is 14.8 Å². The molecular weight excluding hydrogens is 358 g/mol. The van der Waals surface area contributed by atoms with Crippen LogP contribution in [0, 0.1) is 0 Å². The molecule has 2 rings (SSSR count). The lowest BCUT2D eigenvalue weighted by Gasteiger charge is -2.15. The molecule has 138 valence electrons. The Morgan fingerprint density at radius 1 is 1.12 bits per heavy atom. The highest BCUT2D eigenvalue weighted by atomic mass is 35.5. The largest absolute Gasteiger partial charge is 0.497 e. The van der Waals surface area contributed by atoms with Crippen LogP contribution in [0.15, 0.2) is 42.5 Å². The van der Waals surface area contributed by atoms with Crippen LogP contribution in [0.2, 0.25) is 5.02 Å². The standard InChI is InChI=1S/C19H20ClNO5/c1-12(13-5-4-6-14(20)9-13)21-18(22)11-26-19(23)16-10-15(24-2)7-8-17(16)25-3/h4-10,12H,11H2,1-3H3,(H,21,22). The van der Waals surface area contributed by atoms with Gasteiger partial charge >= 0.3 is 5.97 Å². The van der Waals surface area contributed by atoms with Crippen LogP contribution in [0.3, 0.4) is 0 Å². The maximum atomic E-state index is 12.2. The molecule has 0 heterocycles. The monoisotopic (exact) mass is 377 g/mol. The first-order valence-corrected chi connectivity index (χ1v) is 8.26. The molecule has 7 heteroatoms. The van der Waals surface area contributed by atoms with E-state index in [9.17, 15) is 9.59 Å². The first kappa shape index (κ1) is 19.6. The lowest BCUT2D eigenvalue weighted by atomic mass is 10.1. The molecule has 0 saturated carbocycles. The summed E-state index contributed by atoms with van der Waals surface area (Å²) in [6.07, 6.45) is 0. The van der Waals surface area contributed by atoms with Gasteiger partial charge < -0.3 is 19.5 Å². The molecule has 0 aliphatic heterocycles. The fraction of sp³-hybridized carbons (Fsp3) is 0.263. The number of rotatable bonds is 7. The summed E-state index contributed by atoms with van der Waals surface area (Å²) in [5.74, 6) is -0.278. The van der Waals surface area contributed by atoms with E-state index < -0.39 is 18.5 Å². The lowest BCUT2D eigenvalue weighted by molar-refractivity contribution is -0.124. The number of ether oxygens (including phenoxy) is 3. The number of carbonyl (C=O) groups is 2. The molecule has 0 spiro atoms. The first-order chi connectivity index (χ1) is 12.4. The van der Waals surface area contributed by atoms with E-state index in [0.717, 1.165) is 5.56 Å². The second-order valence-electron chi connectivity index (χ2n) is 5.49. The second-order valence-corrected chi connectivity index (χ2v) is 5.92. The Kier molecular flexibility index (Phi) is 6.86. The van der Waals surface area contributed by atoms with Gasteiger partial charge in [0.15, 0.2) is 6.61 Å². The van der Waals surface area contributed by atoms with Crippen molar-refractivity contribution in [1.82, 2.24) is 5.32 Å². The molecular formula is C19H20ClNO5. The Morgan fingerprint density at radius 3 is 2.54 bits per heavy atom. The Balaban J connectivity index is 1.95. The topological polar surface area (TPSA) is 73.9 Å². The molecule has 0 aliphatic rings. The zero-order chi connectivity index (χ0) is 19.1. The van der Waals surface area contributed by atoms with Gasteiger partial charge in [0.2, 0.25) is 0 Å². The number of benzene rings is 2. The minimum atomic E-state index is -0.675. The SMILES string of the molecule is COc1ccc(OC)c(C(=O)OCC(=O)NC(C)c2cccc(Cl)c2)c1. The van der Waals surface area contributed by atoms with Crippen LogP contribution in [-0.2, 0) is 9.53 Å². The van der Waals surface area contributed by atoms with Gasteiger partial charge in [-0.2, -0.15) is 0 Å². The van der Waals surface area contributed by atoms with E-state index in [2.05, 4.69) is 5.32 Å². The van der Waals surface area contributed by atoms with E-state index in [1.165, 1.54) is 20.3 Å². The van der Waals surface area contributed by atoms with E-state index >= 15 is 0 Å². The molecule has 2 aromatic carbocycles. The van der Waals surface area contributed by atoms with Crippen LogP contribution in [0.1, 0.15) is 28.9 Å². The van der Waals surface area contributed by atoms with E-state index in [1.54, 1.807) is 30.3 Å². The summed E-state index contributed by atoms with van der Waals surface area (Å²) in [5, 5.41) is 3.33.